The summed E-state index contributed by atoms with van der Waals surface area (Å²) in [6.45, 7) is 1.94. The molecule has 0 fully saturated rings. The van der Waals surface area contributed by atoms with Crippen LogP contribution in [0.5, 0.6) is 0 Å². The van der Waals surface area contributed by atoms with E-state index in [1.54, 1.807) is 25.1 Å². The topological polar surface area (TPSA) is 104 Å². The van der Waals surface area contributed by atoms with Crippen molar-refractivity contribution < 1.29 is 19.2 Å². The lowest BCUT2D eigenvalue weighted by Crippen LogP contribution is -2.28. The highest BCUT2D eigenvalue weighted by atomic mass is 127. The number of nitrogens with zero attached hydrogens (tertiary/aromatic N) is 1. The molecule has 0 aliphatic carbocycles. The number of hydrogen-bond donors (Lipinski definition) is 3. The molecule has 0 bridgehead atoms. The van der Waals surface area contributed by atoms with Crippen LogP contribution in [0, 0.1) is 10.5 Å². The van der Waals surface area contributed by atoms with E-state index in [1.807, 2.05) is 22.6 Å². The molecule has 1 aromatic heterocycles. The van der Waals surface area contributed by atoms with Crippen molar-refractivity contribution in [3.05, 3.63) is 44.9 Å². The van der Waals surface area contributed by atoms with Gasteiger partial charge in [0.05, 0.1) is 23.5 Å². The molecule has 1 heterocycles. The molecule has 2 rings (SSSR count). The van der Waals surface area contributed by atoms with Gasteiger partial charge in [0.2, 0.25) is 0 Å². The van der Waals surface area contributed by atoms with Gasteiger partial charge in [0.1, 0.15) is 0 Å². The van der Waals surface area contributed by atoms with Crippen molar-refractivity contribution in [2.24, 2.45) is 0 Å². The molecule has 0 aliphatic heterocycles. The maximum atomic E-state index is 11.8. The second kappa shape index (κ2) is 6.57. The number of halogens is 1. The third-order valence-corrected chi connectivity index (χ3v) is 3.23. The number of amides is 2. The normalized spacial score (nSPS) is 10.2. The first kappa shape index (κ1) is 15.3. The average molecular weight is 401 g/mol. The average Bonchev–Trinajstić information content (AvgIpc) is 2.84. The molecule has 1 aromatic carbocycles. The van der Waals surface area contributed by atoms with Gasteiger partial charge in [-0.25, -0.2) is 9.59 Å². The summed E-state index contributed by atoms with van der Waals surface area (Å²) in [6, 6.07) is 5.92. The minimum absolute atomic E-state index is 0.0348. The number of carbonyl (C=O) groups is 2. The number of anilines is 1. The Kier molecular flexibility index (Phi) is 4.78. The maximum Gasteiger partial charge on any atom is 0.337 e. The lowest BCUT2D eigenvalue weighted by molar-refractivity contribution is 0.0698. The van der Waals surface area contributed by atoms with Gasteiger partial charge in [0.25, 0.3) is 0 Å². The van der Waals surface area contributed by atoms with Crippen molar-refractivity contribution in [3.8, 4) is 0 Å². The molecule has 3 N–H and O–H groups in total. The van der Waals surface area contributed by atoms with E-state index in [9.17, 15) is 9.59 Å². The number of aromatic nitrogens is 1. The Hall–Kier alpha value is -2.10. The van der Waals surface area contributed by atoms with Crippen molar-refractivity contribution in [1.82, 2.24) is 10.5 Å². The number of nitrogens with one attached hydrogen (secondary N) is 2. The highest BCUT2D eigenvalue weighted by Gasteiger charge is 2.13. The first-order valence-corrected chi connectivity index (χ1v) is 7.03. The Morgan fingerprint density at radius 2 is 2.14 bits per heavy atom. The van der Waals surface area contributed by atoms with E-state index in [2.05, 4.69) is 15.8 Å². The number of aryl methyl sites for hydroxylation is 1. The molecule has 0 spiro atoms. The van der Waals surface area contributed by atoms with Crippen LogP contribution in [0.1, 0.15) is 21.8 Å². The number of hydrogen-bond acceptors (Lipinski definition) is 4. The predicted molar refractivity (Wildman–Crippen MR) is 83.2 cm³/mol. The third-order valence-electron chi connectivity index (χ3n) is 2.56. The van der Waals surface area contributed by atoms with E-state index < -0.39 is 12.0 Å². The Morgan fingerprint density at radius 1 is 1.38 bits per heavy atom. The number of aromatic carboxylic acids is 1. The molecule has 2 aromatic rings. The van der Waals surface area contributed by atoms with Crippen molar-refractivity contribution in [2.45, 2.75) is 13.5 Å². The number of carbonyl (C=O) groups excluding carboxylic acids is 1. The van der Waals surface area contributed by atoms with Crippen LogP contribution >= 0.6 is 22.6 Å². The van der Waals surface area contributed by atoms with Gasteiger partial charge in [0.15, 0.2) is 5.76 Å². The number of urea groups is 1. The Morgan fingerprint density at radius 3 is 2.76 bits per heavy atom. The maximum absolute atomic E-state index is 11.8. The number of carboxylic acids is 1. The largest absolute Gasteiger partial charge is 0.478 e. The quantitative estimate of drug-likeness (QED) is 0.684. The summed E-state index contributed by atoms with van der Waals surface area (Å²) in [4.78, 5) is 22.9. The van der Waals surface area contributed by atoms with E-state index in [4.69, 9.17) is 9.63 Å². The fourth-order valence-electron chi connectivity index (χ4n) is 1.64. The molecule has 0 aliphatic rings. The summed E-state index contributed by atoms with van der Waals surface area (Å²) in [7, 11) is 0. The van der Waals surface area contributed by atoms with Crippen LogP contribution < -0.4 is 10.6 Å². The van der Waals surface area contributed by atoms with Crippen LogP contribution in [0.2, 0.25) is 0 Å². The monoisotopic (exact) mass is 401 g/mol. The van der Waals surface area contributed by atoms with Crippen LogP contribution in [-0.4, -0.2) is 22.3 Å². The highest BCUT2D eigenvalue weighted by Crippen LogP contribution is 2.18. The molecule has 0 atom stereocenters. The van der Waals surface area contributed by atoms with Crippen LogP contribution in [0.15, 0.2) is 28.8 Å². The Balaban J connectivity index is 2.01. The van der Waals surface area contributed by atoms with E-state index in [0.717, 1.165) is 9.26 Å². The minimum Gasteiger partial charge on any atom is -0.478 e. The summed E-state index contributed by atoms with van der Waals surface area (Å²) in [5.41, 5.74) is 0.986. The smallest absolute Gasteiger partial charge is 0.337 e. The first-order chi connectivity index (χ1) is 9.95. The Bertz CT molecular complexity index is 684. The number of benzene rings is 1. The van der Waals surface area contributed by atoms with Gasteiger partial charge >= 0.3 is 12.0 Å². The van der Waals surface area contributed by atoms with Gasteiger partial charge in [-0.2, -0.15) is 0 Å². The molecule has 0 radical (unpaired) electrons. The molecule has 0 unspecified atom stereocenters. The van der Waals surface area contributed by atoms with E-state index in [1.165, 1.54) is 6.07 Å². The van der Waals surface area contributed by atoms with Gasteiger partial charge in [-0.1, -0.05) is 5.16 Å². The first-order valence-electron chi connectivity index (χ1n) is 5.95. The van der Waals surface area contributed by atoms with Crippen molar-refractivity contribution in [2.75, 3.05) is 5.32 Å². The number of carboxylic acid groups (broad SMARTS) is 1. The Labute approximate surface area is 133 Å². The summed E-state index contributed by atoms with van der Waals surface area (Å²) in [6.07, 6.45) is 0. The standard InChI is InChI=1S/C13H12IN3O4/c1-7-4-9(21-17-7)6-15-13(20)16-11-3-2-8(14)5-10(11)12(18)19/h2-5H,6H2,1H3,(H,18,19)(H2,15,16,20). The zero-order valence-corrected chi connectivity index (χ0v) is 13.2. The fourth-order valence-corrected chi connectivity index (χ4v) is 2.13. The highest BCUT2D eigenvalue weighted by molar-refractivity contribution is 14.1. The van der Waals surface area contributed by atoms with E-state index in [0.29, 0.717) is 5.76 Å². The van der Waals surface area contributed by atoms with Gasteiger partial charge in [-0.3, -0.25) is 0 Å². The SMILES string of the molecule is Cc1cc(CNC(=O)Nc2ccc(I)cc2C(=O)O)on1. The minimum atomic E-state index is -1.10. The second-order valence-electron chi connectivity index (χ2n) is 4.24. The van der Waals surface area contributed by atoms with Crippen LogP contribution in [0.25, 0.3) is 0 Å². The lowest BCUT2D eigenvalue weighted by Gasteiger charge is -2.09. The zero-order chi connectivity index (χ0) is 15.4. The van der Waals surface area contributed by atoms with Crippen LogP contribution in [0.4, 0.5) is 10.5 Å². The molecule has 0 saturated heterocycles. The molecule has 110 valence electrons. The molecule has 21 heavy (non-hydrogen) atoms. The van der Waals surface area contributed by atoms with Crippen LogP contribution in [-0.2, 0) is 6.54 Å². The molecule has 2 amide bonds. The van der Waals surface area contributed by atoms with E-state index in [-0.39, 0.29) is 17.8 Å². The van der Waals surface area contributed by atoms with E-state index >= 15 is 0 Å². The van der Waals surface area contributed by atoms with Gasteiger partial charge in [0, 0.05) is 9.64 Å². The van der Waals surface area contributed by atoms with Crippen molar-refractivity contribution in [3.63, 3.8) is 0 Å². The lowest BCUT2D eigenvalue weighted by atomic mass is 10.2. The molecule has 7 nitrogen and oxygen atoms in total. The summed E-state index contributed by atoms with van der Waals surface area (Å²) >= 11 is 2.00. The van der Waals surface area contributed by atoms with Gasteiger partial charge in [-0.05, 0) is 47.7 Å². The fraction of sp³-hybridized carbons (Fsp3) is 0.154. The molecular formula is C13H12IN3O4. The molecule has 8 heteroatoms. The van der Waals surface area contributed by atoms with Gasteiger partial charge in [-0.15, -0.1) is 0 Å². The predicted octanol–water partition coefficient (Wildman–Crippen LogP) is 2.61. The second-order valence-corrected chi connectivity index (χ2v) is 5.48. The molecular weight excluding hydrogens is 389 g/mol. The zero-order valence-electron chi connectivity index (χ0n) is 11.0. The number of rotatable bonds is 4. The van der Waals surface area contributed by atoms with Crippen LogP contribution in [0.3, 0.4) is 0 Å². The third kappa shape index (κ3) is 4.18. The molecule has 0 saturated carbocycles. The summed E-state index contributed by atoms with van der Waals surface area (Å²) in [5, 5.41) is 17.9. The van der Waals surface area contributed by atoms with Gasteiger partial charge < -0.3 is 20.3 Å². The summed E-state index contributed by atoms with van der Waals surface area (Å²) < 4.78 is 5.73. The van der Waals surface area contributed by atoms with Crippen molar-refractivity contribution >= 4 is 40.3 Å². The summed E-state index contributed by atoms with van der Waals surface area (Å²) in [5.74, 6) is -0.585. The van der Waals surface area contributed by atoms with Crippen molar-refractivity contribution in [1.29, 1.82) is 0 Å².